The summed E-state index contributed by atoms with van der Waals surface area (Å²) in [5, 5.41) is 0. The molecule has 0 saturated heterocycles. The Labute approximate surface area is 382 Å². The van der Waals surface area contributed by atoms with E-state index in [-0.39, 0.29) is 31.1 Å². The Morgan fingerprint density at radius 2 is 0.694 bits per heavy atom. The fourth-order valence-electron chi connectivity index (χ4n) is 6.83. The second kappa shape index (κ2) is 50.2. The highest BCUT2D eigenvalue weighted by Crippen LogP contribution is 2.13. The summed E-state index contributed by atoms with van der Waals surface area (Å²) in [5.74, 6) is -0.965. The molecule has 6 nitrogen and oxygen atoms in total. The lowest BCUT2D eigenvalue weighted by molar-refractivity contribution is -0.167. The standard InChI is InChI=1S/C56H94O6/c1-4-7-10-13-16-19-22-25-27-28-29-32-34-37-40-43-46-49-55(58)61-52-53(51-60-54(57)48-45-42-39-36-33-30-24-21-18-15-12-9-6-3)62-56(59)50-47-44-41-38-35-31-26-23-20-17-14-11-8-5-2/h9,12,15-16,18-19,21,24-25,27,30-31,33,35,53H,4-8,10-11,13-14,17,20,22-23,26,28-29,32,34,36-52H2,1-3H3/b12-9+,18-15+,19-16+,24-21+,27-25+,33-30+,35-31+. The molecule has 62 heavy (non-hydrogen) atoms. The Kier molecular flexibility index (Phi) is 47.5. The third kappa shape index (κ3) is 47.6. The molecule has 1 atom stereocenters. The maximum Gasteiger partial charge on any atom is 0.306 e. The molecule has 0 rings (SSSR count). The molecule has 0 aliphatic carbocycles. The number of esters is 3. The number of hydrogen-bond acceptors (Lipinski definition) is 6. The molecular weight excluding hydrogens is 769 g/mol. The molecule has 0 aromatic carbocycles. The van der Waals surface area contributed by atoms with Gasteiger partial charge in [-0.3, -0.25) is 14.4 Å². The maximum atomic E-state index is 12.8. The molecule has 0 aliphatic rings. The van der Waals surface area contributed by atoms with Crippen LogP contribution in [-0.4, -0.2) is 37.2 Å². The first-order valence-corrected chi connectivity index (χ1v) is 25.6. The van der Waals surface area contributed by atoms with Crippen LogP contribution in [0.2, 0.25) is 0 Å². The molecule has 6 heteroatoms. The fourth-order valence-corrected chi connectivity index (χ4v) is 6.83. The number of ether oxygens (including phenoxy) is 3. The van der Waals surface area contributed by atoms with Crippen LogP contribution in [0, 0.1) is 0 Å². The number of unbranched alkanes of at least 4 members (excludes halogenated alkanes) is 23. The predicted molar refractivity (Wildman–Crippen MR) is 265 cm³/mol. The van der Waals surface area contributed by atoms with E-state index in [0.29, 0.717) is 19.3 Å². The molecular formula is C56H94O6. The van der Waals surface area contributed by atoms with Gasteiger partial charge in [0.25, 0.3) is 0 Å². The molecule has 0 N–H and O–H groups in total. The zero-order valence-corrected chi connectivity index (χ0v) is 40.4. The van der Waals surface area contributed by atoms with Crippen molar-refractivity contribution in [2.45, 2.75) is 239 Å². The van der Waals surface area contributed by atoms with Crippen molar-refractivity contribution in [1.82, 2.24) is 0 Å². The molecule has 0 saturated carbocycles. The van der Waals surface area contributed by atoms with Crippen molar-refractivity contribution in [3.8, 4) is 0 Å². The highest BCUT2D eigenvalue weighted by atomic mass is 16.6. The van der Waals surface area contributed by atoms with E-state index in [1.807, 2.05) is 36.5 Å². The third-order valence-corrected chi connectivity index (χ3v) is 10.7. The minimum Gasteiger partial charge on any atom is -0.462 e. The molecule has 0 aromatic heterocycles. The first kappa shape index (κ1) is 58.6. The van der Waals surface area contributed by atoms with E-state index in [0.717, 1.165) is 96.3 Å². The smallest absolute Gasteiger partial charge is 0.306 e. The summed E-state index contributed by atoms with van der Waals surface area (Å²) in [4.78, 5) is 37.9. The Bertz CT molecular complexity index is 1220. The Morgan fingerprint density at radius 3 is 1.18 bits per heavy atom. The fraction of sp³-hybridized carbons (Fsp3) is 0.696. The monoisotopic (exact) mass is 863 g/mol. The van der Waals surface area contributed by atoms with Gasteiger partial charge in [-0.05, 0) is 96.3 Å². The first-order valence-electron chi connectivity index (χ1n) is 25.6. The summed E-state index contributed by atoms with van der Waals surface area (Å²) >= 11 is 0. The second-order valence-electron chi connectivity index (χ2n) is 16.8. The van der Waals surface area contributed by atoms with Crippen molar-refractivity contribution in [1.29, 1.82) is 0 Å². The van der Waals surface area contributed by atoms with Crippen LogP contribution >= 0.6 is 0 Å². The number of carbonyl (C=O) groups excluding carboxylic acids is 3. The van der Waals surface area contributed by atoms with Gasteiger partial charge in [-0.2, -0.15) is 0 Å². The Hall–Kier alpha value is -3.41. The van der Waals surface area contributed by atoms with E-state index in [4.69, 9.17) is 14.2 Å². The minimum atomic E-state index is -0.803. The molecule has 0 amide bonds. The second-order valence-corrected chi connectivity index (χ2v) is 16.8. The molecule has 354 valence electrons. The lowest BCUT2D eigenvalue weighted by Crippen LogP contribution is -2.30. The lowest BCUT2D eigenvalue weighted by atomic mass is 10.1. The van der Waals surface area contributed by atoms with E-state index in [1.54, 1.807) is 0 Å². The van der Waals surface area contributed by atoms with Gasteiger partial charge in [-0.15, -0.1) is 0 Å². The van der Waals surface area contributed by atoms with Gasteiger partial charge < -0.3 is 14.2 Å². The van der Waals surface area contributed by atoms with Crippen LogP contribution in [0.5, 0.6) is 0 Å². The molecule has 0 spiro atoms. The van der Waals surface area contributed by atoms with Gasteiger partial charge in [0.1, 0.15) is 13.2 Å². The zero-order valence-electron chi connectivity index (χ0n) is 40.4. The summed E-state index contributed by atoms with van der Waals surface area (Å²) in [5.41, 5.74) is 0. The first-order chi connectivity index (χ1) is 30.5. The topological polar surface area (TPSA) is 78.9 Å². The van der Waals surface area contributed by atoms with Crippen LogP contribution < -0.4 is 0 Å². The SMILES string of the molecule is CC/C=C/C=C/C=C/C=C/CCCCCC(=O)OCC(COC(=O)CCCCCCCCC/C=C/C/C=C/CCCCC)OC(=O)CCCCC/C=C/CCCCCCCCC. The van der Waals surface area contributed by atoms with E-state index in [2.05, 4.69) is 69.4 Å². The third-order valence-electron chi connectivity index (χ3n) is 10.7. The van der Waals surface area contributed by atoms with Gasteiger partial charge in [0.2, 0.25) is 0 Å². The van der Waals surface area contributed by atoms with Crippen molar-refractivity contribution < 1.29 is 28.6 Å². The molecule has 0 radical (unpaired) electrons. The Balaban J connectivity index is 4.46. The van der Waals surface area contributed by atoms with Crippen molar-refractivity contribution in [3.05, 3.63) is 85.1 Å². The highest BCUT2D eigenvalue weighted by molar-refractivity contribution is 5.71. The Morgan fingerprint density at radius 1 is 0.355 bits per heavy atom. The molecule has 0 aliphatic heterocycles. The van der Waals surface area contributed by atoms with Crippen LogP contribution in [0.4, 0.5) is 0 Å². The summed E-state index contributed by atoms with van der Waals surface area (Å²) in [6.45, 7) is 6.41. The van der Waals surface area contributed by atoms with Crippen molar-refractivity contribution in [2.75, 3.05) is 13.2 Å². The average molecular weight is 863 g/mol. The summed E-state index contributed by atoms with van der Waals surface area (Å²) in [6.07, 6.45) is 64.2. The quantitative estimate of drug-likeness (QED) is 0.0199. The van der Waals surface area contributed by atoms with Crippen LogP contribution in [0.15, 0.2) is 85.1 Å². The average Bonchev–Trinajstić information content (AvgIpc) is 3.27. The van der Waals surface area contributed by atoms with Gasteiger partial charge in [0.15, 0.2) is 6.10 Å². The normalized spacial score (nSPS) is 12.8. The zero-order chi connectivity index (χ0) is 45.1. The maximum absolute atomic E-state index is 12.8. The molecule has 0 fully saturated rings. The number of rotatable bonds is 45. The van der Waals surface area contributed by atoms with Crippen LogP contribution in [0.25, 0.3) is 0 Å². The summed E-state index contributed by atoms with van der Waals surface area (Å²) < 4.78 is 16.7. The van der Waals surface area contributed by atoms with E-state index in [9.17, 15) is 14.4 Å². The van der Waals surface area contributed by atoms with E-state index in [1.165, 1.54) is 96.3 Å². The minimum absolute atomic E-state index is 0.100. The molecule has 1 unspecified atom stereocenters. The van der Waals surface area contributed by atoms with Crippen LogP contribution in [-0.2, 0) is 28.6 Å². The highest BCUT2D eigenvalue weighted by Gasteiger charge is 2.19. The predicted octanol–water partition coefficient (Wildman–Crippen LogP) is 16.8. The van der Waals surface area contributed by atoms with Gasteiger partial charge in [-0.25, -0.2) is 0 Å². The summed E-state index contributed by atoms with van der Waals surface area (Å²) in [6, 6.07) is 0. The van der Waals surface area contributed by atoms with Gasteiger partial charge in [-0.1, -0.05) is 202 Å². The molecule has 0 aromatic rings. The van der Waals surface area contributed by atoms with Gasteiger partial charge >= 0.3 is 17.9 Å². The largest absolute Gasteiger partial charge is 0.462 e. The van der Waals surface area contributed by atoms with E-state index < -0.39 is 6.10 Å². The van der Waals surface area contributed by atoms with Crippen LogP contribution in [0.1, 0.15) is 233 Å². The number of allylic oxidation sites excluding steroid dienone is 14. The number of carbonyl (C=O) groups is 3. The van der Waals surface area contributed by atoms with Crippen molar-refractivity contribution in [3.63, 3.8) is 0 Å². The summed E-state index contributed by atoms with van der Waals surface area (Å²) in [7, 11) is 0. The van der Waals surface area contributed by atoms with Crippen LogP contribution in [0.3, 0.4) is 0 Å². The van der Waals surface area contributed by atoms with Crippen molar-refractivity contribution >= 4 is 17.9 Å². The number of hydrogen-bond donors (Lipinski definition) is 0. The van der Waals surface area contributed by atoms with Gasteiger partial charge in [0.05, 0.1) is 0 Å². The van der Waals surface area contributed by atoms with Crippen molar-refractivity contribution in [2.24, 2.45) is 0 Å². The van der Waals surface area contributed by atoms with E-state index >= 15 is 0 Å². The molecule has 0 bridgehead atoms. The lowest BCUT2D eigenvalue weighted by Gasteiger charge is -2.18. The van der Waals surface area contributed by atoms with Gasteiger partial charge in [0, 0.05) is 19.3 Å². The molecule has 0 heterocycles.